The van der Waals surface area contributed by atoms with Gasteiger partial charge >= 0.3 is 5.97 Å². The van der Waals surface area contributed by atoms with Crippen molar-refractivity contribution in [1.82, 2.24) is 0 Å². The van der Waals surface area contributed by atoms with Crippen LogP contribution in [0.25, 0.3) is 0 Å². The van der Waals surface area contributed by atoms with Crippen molar-refractivity contribution in [2.75, 3.05) is 5.32 Å². The zero-order valence-electron chi connectivity index (χ0n) is 16.9. The Morgan fingerprint density at radius 2 is 1.94 bits per heavy atom. The van der Waals surface area contributed by atoms with E-state index in [1.165, 1.54) is 0 Å². The molecule has 0 aromatic heterocycles. The van der Waals surface area contributed by atoms with Crippen molar-refractivity contribution < 1.29 is 23.9 Å². The van der Waals surface area contributed by atoms with Crippen LogP contribution in [-0.4, -0.2) is 17.7 Å². The molecule has 0 saturated heterocycles. The van der Waals surface area contributed by atoms with Crippen molar-refractivity contribution in [1.29, 1.82) is 0 Å². The third-order valence-corrected chi connectivity index (χ3v) is 6.48. The van der Waals surface area contributed by atoms with Crippen LogP contribution in [0.1, 0.15) is 30.4 Å². The summed E-state index contributed by atoms with van der Waals surface area (Å²) >= 11 is 3.44. The van der Waals surface area contributed by atoms with Crippen LogP contribution in [0.3, 0.4) is 0 Å². The van der Waals surface area contributed by atoms with E-state index in [4.69, 9.17) is 15.2 Å². The Morgan fingerprint density at radius 3 is 2.72 bits per heavy atom. The van der Waals surface area contributed by atoms with E-state index >= 15 is 0 Å². The van der Waals surface area contributed by atoms with Crippen LogP contribution in [0.2, 0.25) is 0 Å². The van der Waals surface area contributed by atoms with E-state index in [9.17, 15) is 14.4 Å². The third kappa shape index (κ3) is 2.97. The molecule has 2 heterocycles. The molecule has 2 aromatic rings. The molecule has 162 valence electrons. The van der Waals surface area contributed by atoms with Crippen molar-refractivity contribution in [3.63, 3.8) is 0 Å². The highest BCUT2D eigenvalue weighted by molar-refractivity contribution is 9.10. The number of rotatable bonds is 3. The molecular weight excluding hydrogens is 476 g/mol. The maximum Gasteiger partial charge on any atom is 0.341 e. The summed E-state index contributed by atoms with van der Waals surface area (Å²) in [6, 6.07) is 14.4. The van der Waals surface area contributed by atoms with Crippen LogP contribution in [0.5, 0.6) is 0 Å². The molecule has 0 saturated carbocycles. The van der Waals surface area contributed by atoms with E-state index in [0.29, 0.717) is 34.3 Å². The predicted octanol–water partition coefficient (Wildman–Crippen LogP) is 3.59. The largest absolute Gasteiger partial charge is 0.457 e. The number of nitrogens with one attached hydrogen (secondary N) is 1. The molecular formula is C24H19BrN2O5. The highest BCUT2D eigenvalue weighted by atomic mass is 79.9. The van der Waals surface area contributed by atoms with Gasteiger partial charge in [-0.05, 0) is 30.2 Å². The molecule has 0 radical (unpaired) electrons. The molecule has 3 aliphatic rings. The number of ketones is 1. The second-order valence-electron chi connectivity index (χ2n) is 7.87. The average molecular weight is 495 g/mol. The van der Waals surface area contributed by atoms with Crippen LogP contribution < -0.4 is 11.1 Å². The number of carbonyl (C=O) groups is 3. The van der Waals surface area contributed by atoms with Crippen molar-refractivity contribution in [3.8, 4) is 0 Å². The highest BCUT2D eigenvalue weighted by Crippen LogP contribution is 2.54. The molecule has 1 aliphatic carbocycles. The number of fused-ring (bicyclic) bond motifs is 3. The third-order valence-electron chi connectivity index (χ3n) is 5.99. The van der Waals surface area contributed by atoms with Crippen molar-refractivity contribution >= 4 is 39.3 Å². The number of benzene rings is 2. The summed E-state index contributed by atoms with van der Waals surface area (Å²) in [6.45, 7) is -0.0145. The number of allylic oxidation sites excluding steroid dienone is 1. The minimum atomic E-state index is -1.72. The van der Waals surface area contributed by atoms with Crippen LogP contribution in [-0.2, 0) is 35.9 Å². The van der Waals surface area contributed by atoms with Gasteiger partial charge in [-0.15, -0.1) is 0 Å². The Hall–Kier alpha value is -3.39. The van der Waals surface area contributed by atoms with Gasteiger partial charge in [0, 0.05) is 28.6 Å². The Labute approximate surface area is 192 Å². The molecule has 2 aliphatic heterocycles. The van der Waals surface area contributed by atoms with Crippen LogP contribution in [0.4, 0.5) is 5.69 Å². The van der Waals surface area contributed by atoms with Gasteiger partial charge in [0.1, 0.15) is 23.4 Å². The number of anilines is 1. The first-order valence-corrected chi connectivity index (χ1v) is 11.0. The number of ether oxygens (including phenoxy) is 2. The number of esters is 1. The quantitative estimate of drug-likeness (QED) is 0.631. The normalized spacial score (nSPS) is 21.8. The van der Waals surface area contributed by atoms with E-state index in [-0.39, 0.29) is 35.8 Å². The average Bonchev–Trinajstić information content (AvgIpc) is 3.04. The summed E-state index contributed by atoms with van der Waals surface area (Å²) in [5, 5.41) is 2.82. The smallest absolute Gasteiger partial charge is 0.341 e. The number of carbonyl (C=O) groups excluding carboxylic acids is 3. The Bertz CT molecular complexity index is 1230. The van der Waals surface area contributed by atoms with Crippen LogP contribution in [0.15, 0.2) is 75.8 Å². The molecule has 5 rings (SSSR count). The van der Waals surface area contributed by atoms with Gasteiger partial charge < -0.3 is 20.5 Å². The lowest BCUT2D eigenvalue weighted by atomic mass is 9.65. The summed E-state index contributed by atoms with van der Waals surface area (Å²) in [7, 11) is 0. The second kappa shape index (κ2) is 7.63. The molecule has 1 unspecified atom stereocenters. The zero-order chi connectivity index (χ0) is 22.5. The first kappa shape index (κ1) is 20.5. The number of amides is 1. The molecule has 0 fully saturated rings. The van der Waals surface area contributed by atoms with Crippen molar-refractivity contribution in [2.24, 2.45) is 5.73 Å². The topological polar surface area (TPSA) is 108 Å². The van der Waals surface area contributed by atoms with Gasteiger partial charge in [-0.25, -0.2) is 4.79 Å². The lowest BCUT2D eigenvalue weighted by molar-refractivity contribution is -0.142. The Kier molecular flexibility index (Phi) is 4.89. The number of nitrogens with two attached hydrogens (primary N) is 1. The standard InChI is InChI=1S/C24H19BrN2O5/c25-14-9-10-16-15(11-14)24(23(30)27-16)19-17(28)7-4-8-18(19)32-21(26)20(24)22(29)31-12-13-5-2-1-3-6-13/h1-3,5-6,9-11H,4,7-8,12,26H2,(H,27,30). The summed E-state index contributed by atoms with van der Waals surface area (Å²) in [5.41, 5.74) is 6.26. The molecule has 7 nitrogen and oxygen atoms in total. The number of halogens is 1. The van der Waals surface area contributed by atoms with E-state index in [2.05, 4.69) is 21.2 Å². The molecule has 0 bridgehead atoms. The SMILES string of the molecule is NC1=C(C(=O)OCc2ccccc2)C2(C(=O)Nc3ccc(Br)cc32)C2=C(CCCC2=O)O1. The van der Waals surface area contributed by atoms with E-state index < -0.39 is 17.3 Å². The number of hydrogen-bond donors (Lipinski definition) is 2. The monoisotopic (exact) mass is 494 g/mol. The summed E-state index contributed by atoms with van der Waals surface area (Å²) in [4.78, 5) is 40.1. The van der Waals surface area contributed by atoms with E-state index in [0.717, 1.165) is 5.56 Å². The summed E-state index contributed by atoms with van der Waals surface area (Å²) < 4.78 is 12.0. The fraction of sp³-hybridized carbons (Fsp3) is 0.208. The van der Waals surface area contributed by atoms with Gasteiger partial charge in [0.2, 0.25) is 11.8 Å². The van der Waals surface area contributed by atoms with Crippen LogP contribution >= 0.6 is 15.9 Å². The molecule has 32 heavy (non-hydrogen) atoms. The first-order valence-electron chi connectivity index (χ1n) is 10.2. The summed E-state index contributed by atoms with van der Waals surface area (Å²) in [6.07, 6.45) is 1.29. The van der Waals surface area contributed by atoms with Crippen LogP contribution in [0, 0.1) is 0 Å². The van der Waals surface area contributed by atoms with Gasteiger partial charge in [-0.2, -0.15) is 0 Å². The van der Waals surface area contributed by atoms with E-state index in [1.54, 1.807) is 18.2 Å². The predicted molar refractivity (Wildman–Crippen MR) is 119 cm³/mol. The second-order valence-corrected chi connectivity index (χ2v) is 8.79. The van der Waals surface area contributed by atoms with Gasteiger partial charge in [0.05, 0.1) is 5.57 Å². The molecule has 1 spiro atoms. The first-order chi connectivity index (χ1) is 15.4. The number of hydrogen-bond acceptors (Lipinski definition) is 6. The zero-order valence-corrected chi connectivity index (χ0v) is 18.5. The minimum Gasteiger partial charge on any atom is -0.457 e. The van der Waals surface area contributed by atoms with E-state index in [1.807, 2.05) is 30.3 Å². The number of Topliss-reactive ketones (excluding diaryl/α,β-unsaturated/α-hetero) is 1. The fourth-order valence-corrected chi connectivity index (χ4v) is 5.01. The molecule has 1 amide bonds. The fourth-order valence-electron chi connectivity index (χ4n) is 4.65. The molecule has 1 atom stereocenters. The van der Waals surface area contributed by atoms with Crippen molar-refractivity contribution in [3.05, 3.63) is 86.9 Å². The van der Waals surface area contributed by atoms with Gasteiger partial charge in [-0.1, -0.05) is 46.3 Å². The van der Waals surface area contributed by atoms with Gasteiger partial charge in [-0.3, -0.25) is 9.59 Å². The summed E-state index contributed by atoms with van der Waals surface area (Å²) in [5.74, 6) is -1.46. The minimum absolute atomic E-state index is 0.0145. The lowest BCUT2D eigenvalue weighted by Gasteiger charge is -2.38. The lowest BCUT2D eigenvalue weighted by Crippen LogP contribution is -2.49. The molecule has 2 aromatic carbocycles. The Balaban J connectivity index is 1.68. The Morgan fingerprint density at radius 1 is 1.16 bits per heavy atom. The maximum atomic E-state index is 13.6. The molecule has 8 heteroatoms. The van der Waals surface area contributed by atoms with Gasteiger partial charge in [0.15, 0.2) is 5.78 Å². The van der Waals surface area contributed by atoms with Crippen molar-refractivity contribution in [2.45, 2.75) is 31.3 Å². The van der Waals surface area contributed by atoms with Gasteiger partial charge in [0.25, 0.3) is 0 Å². The highest BCUT2D eigenvalue weighted by Gasteiger charge is 2.61. The molecule has 3 N–H and O–H groups in total. The maximum absolute atomic E-state index is 13.6.